The molecule has 9 nitrogen and oxygen atoms in total. The molecule has 0 radical (unpaired) electrons. The van der Waals surface area contributed by atoms with Crippen LogP contribution in [0.5, 0.6) is 5.75 Å². The number of rotatable bonds is 5. The Morgan fingerprint density at radius 2 is 1.97 bits per heavy atom. The maximum Gasteiger partial charge on any atom is 0.321 e. The predicted octanol–water partition coefficient (Wildman–Crippen LogP) is 2.06. The van der Waals surface area contributed by atoms with Crippen LogP contribution in [0.15, 0.2) is 35.5 Å². The Balaban J connectivity index is 1.67. The van der Waals surface area contributed by atoms with E-state index < -0.39 is 10.0 Å². The molecule has 1 aliphatic heterocycles. The second kappa shape index (κ2) is 8.83. The van der Waals surface area contributed by atoms with Gasteiger partial charge in [-0.05, 0) is 32.4 Å². The average Bonchev–Trinajstić information content (AvgIpc) is 2.89. The fraction of sp³-hybridized carbons (Fsp3) is 0.474. The van der Waals surface area contributed by atoms with Crippen LogP contribution in [0.2, 0.25) is 0 Å². The Morgan fingerprint density at radius 3 is 2.66 bits per heavy atom. The second-order valence-electron chi connectivity index (χ2n) is 6.84. The van der Waals surface area contributed by atoms with Gasteiger partial charge in [-0.1, -0.05) is 12.1 Å². The Labute approximate surface area is 171 Å². The Bertz CT molecular complexity index is 953. The quantitative estimate of drug-likeness (QED) is 0.797. The first-order chi connectivity index (χ1) is 13.8. The topological polar surface area (TPSA) is 96.8 Å². The molecular formula is C19H27N5O4S. The van der Waals surface area contributed by atoms with Gasteiger partial charge in [0.05, 0.1) is 12.3 Å². The van der Waals surface area contributed by atoms with Crippen molar-refractivity contribution in [3.8, 4) is 5.75 Å². The number of hydrogen-bond donors (Lipinski definition) is 1. The summed E-state index contributed by atoms with van der Waals surface area (Å²) in [5, 5.41) is 2.91. The van der Waals surface area contributed by atoms with Gasteiger partial charge in [-0.3, -0.25) is 0 Å². The van der Waals surface area contributed by atoms with Crippen LogP contribution in [0.1, 0.15) is 19.2 Å². The molecule has 1 N–H and O–H groups in total. The minimum atomic E-state index is -3.69. The number of hydrogen-bond acceptors (Lipinski definition) is 5. The third-order valence-electron chi connectivity index (χ3n) is 4.86. The van der Waals surface area contributed by atoms with Crippen molar-refractivity contribution in [2.45, 2.75) is 25.3 Å². The predicted molar refractivity (Wildman–Crippen MR) is 110 cm³/mol. The van der Waals surface area contributed by atoms with Crippen LogP contribution < -0.4 is 10.1 Å². The number of sulfonamides is 1. The lowest BCUT2D eigenvalue weighted by molar-refractivity contribution is 0.214. The van der Waals surface area contributed by atoms with Gasteiger partial charge in [0.25, 0.3) is 10.0 Å². The number of aromatic nitrogens is 2. The van der Waals surface area contributed by atoms with Gasteiger partial charge in [-0.2, -0.15) is 4.31 Å². The summed E-state index contributed by atoms with van der Waals surface area (Å²) >= 11 is 0. The monoisotopic (exact) mass is 421 g/mol. The first-order valence-electron chi connectivity index (χ1n) is 9.60. The van der Waals surface area contributed by atoms with Crippen molar-refractivity contribution >= 4 is 21.7 Å². The molecule has 2 heterocycles. The number of urea groups is 1. The number of imidazole rings is 1. The Morgan fingerprint density at radius 1 is 1.21 bits per heavy atom. The highest BCUT2D eigenvalue weighted by Gasteiger charge is 2.30. The first kappa shape index (κ1) is 21.1. The fourth-order valence-electron chi connectivity index (χ4n) is 3.17. The van der Waals surface area contributed by atoms with Crippen molar-refractivity contribution in [3.63, 3.8) is 0 Å². The van der Waals surface area contributed by atoms with E-state index in [0.717, 1.165) is 0 Å². The van der Waals surface area contributed by atoms with E-state index >= 15 is 0 Å². The number of amides is 2. The van der Waals surface area contributed by atoms with Gasteiger partial charge in [0.2, 0.25) is 0 Å². The highest BCUT2D eigenvalue weighted by atomic mass is 32.2. The van der Waals surface area contributed by atoms with E-state index in [0.29, 0.717) is 49.9 Å². The lowest BCUT2D eigenvalue weighted by atomic mass is 10.3. The highest BCUT2D eigenvalue weighted by molar-refractivity contribution is 7.89. The van der Waals surface area contributed by atoms with Crippen LogP contribution in [-0.4, -0.2) is 66.0 Å². The Hall–Kier alpha value is -2.59. The standard InChI is InChI=1S/C19H27N5O4S/c1-4-28-17-9-6-5-8-16(17)21-19(25)23-10-7-11-24(13-12-23)29(26,27)18-14-22(3)15(2)20-18/h5-6,8-9,14H,4,7,10-13H2,1-3H3,(H,21,25). The molecule has 0 atom stereocenters. The summed E-state index contributed by atoms with van der Waals surface area (Å²) < 4.78 is 34.4. The van der Waals surface area contributed by atoms with Crippen LogP contribution in [0.25, 0.3) is 0 Å². The summed E-state index contributed by atoms with van der Waals surface area (Å²) in [4.78, 5) is 18.5. The zero-order chi connectivity index (χ0) is 21.0. The number of nitrogens with one attached hydrogen (secondary N) is 1. The molecule has 29 heavy (non-hydrogen) atoms. The molecule has 3 rings (SSSR count). The van der Waals surface area contributed by atoms with E-state index in [4.69, 9.17) is 4.74 Å². The number of benzene rings is 1. The summed E-state index contributed by atoms with van der Waals surface area (Å²) in [6.07, 6.45) is 2.07. The molecule has 2 amide bonds. The third-order valence-corrected chi connectivity index (χ3v) is 6.63. The number of carbonyl (C=O) groups is 1. The summed E-state index contributed by atoms with van der Waals surface area (Å²) in [5.74, 6) is 1.24. The zero-order valence-electron chi connectivity index (χ0n) is 17.0. The number of para-hydroxylation sites is 2. The number of ether oxygens (including phenoxy) is 1. The van der Waals surface area contributed by atoms with Crippen LogP contribution in [-0.2, 0) is 17.1 Å². The van der Waals surface area contributed by atoms with Crippen molar-refractivity contribution in [1.29, 1.82) is 0 Å². The maximum absolute atomic E-state index is 12.9. The maximum atomic E-state index is 12.9. The molecule has 0 bridgehead atoms. The summed E-state index contributed by atoms with van der Waals surface area (Å²) in [7, 11) is -1.93. The largest absolute Gasteiger partial charge is 0.492 e. The summed E-state index contributed by atoms with van der Waals surface area (Å²) in [6.45, 7) is 5.47. The molecule has 2 aromatic rings. The normalized spacial score (nSPS) is 15.8. The number of carbonyl (C=O) groups excluding carboxylic acids is 1. The van der Waals surface area contributed by atoms with Crippen LogP contribution in [0, 0.1) is 6.92 Å². The van der Waals surface area contributed by atoms with E-state index in [-0.39, 0.29) is 17.6 Å². The van der Waals surface area contributed by atoms with E-state index in [1.807, 2.05) is 19.1 Å². The zero-order valence-corrected chi connectivity index (χ0v) is 17.8. The lowest BCUT2D eigenvalue weighted by Crippen LogP contribution is -2.39. The third kappa shape index (κ3) is 4.70. The molecule has 1 fully saturated rings. The molecule has 0 saturated carbocycles. The van der Waals surface area contributed by atoms with E-state index in [2.05, 4.69) is 10.3 Å². The molecule has 0 aliphatic carbocycles. The first-order valence-corrected chi connectivity index (χ1v) is 11.0. The van der Waals surface area contributed by atoms with E-state index in [1.165, 1.54) is 10.5 Å². The molecule has 158 valence electrons. The molecular weight excluding hydrogens is 394 g/mol. The highest BCUT2D eigenvalue weighted by Crippen LogP contribution is 2.24. The van der Waals surface area contributed by atoms with Gasteiger partial charge in [0.1, 0.15) is 11.6 Å². The van der Waals surface area contributed by atoms with Gasteiger partial charge in [0.15, 0.2) is 5.03 Å². The molecule has 1 aromatic carbocycles. The van der Waals surface area contributed by atoms with Crippen molar-refractivity contribution in [3.05, 3.63) is 36.3 Å². The minimum Gasteiger partial charge on any atom is -0.492 e. The van der Waals surface area contributed by atoms with Crippen LogP contribution >= 0.6 is 0 Å². The number of aryl methyl sites for hydroxylation is 2. The van der Waals surface area contributed by atoms with Crippen molar-refractivity contribution in [1.82, 2.24) is 18.8 Å². The van der Waals surface area contributed by atoms with Crippen LogP contribution in [0.4, 0.5) is 10.5 Å². The average molecular weight is 422 g/mol. The Kier molecular flexibility index (Phi) is 6.43. The van der Waals surface area contributed by atoms with Gasteiger partial charge in [-0.15, -0.1) is 0 Å². The van der Waals surface area contributed by atoms with E-state index in [9.17, 15) is 13.2 Å². The summed E-state index contributed by atoms with van der Waals surface area (Å²) in [5.41, 5.74) is 0.594. The second-order valence-corrected chi connectivity index (χ2v) is 8.73. The number of nitrogens with zero attached hydrogens (tertiary/aromatic N) is 4. The summed E-state index contributed by atoms with van der Waals surface area (Å²) in [6, 6.07) is 6.97. The van der Waals surface area contributed by atoms with E-state index in [1.54, 1.807) is 35.6 Å². The molecule has 10 heteroatoms. The molecule has 0 spiro atoms. The van der Waals surface area contributed by atoms with Gasteiger partial charge < -0.3 is 19.5 Å². The van der Waals surface area contributed by atoms with Crippen LogP contribution in [0.3, 0.4) is 0 Å². The van der Waals surface area contributed by atoms with Gasteiger partial charge in [0, 0.05) is 39.4 Å². The smallest absolute Gasteiger partial charge is 0.321 e. The lowest BCUT2D eigenvalue weighted by Gasteiger charge is -2.22. The minimum absolute atomic E-state index is 0.0426. The molecule has 1 aliphatic rings. The molecule has 1 aromatic heterocycles. The fourth-order valence-corrected chi connectivity index (χ4v) is 4.66. The van der Waals surface area contributed by atoms with Crippen molar-refractivity contribution < 1.29 is 17.9 Å². The van der Waals surface area contributed by atoms with Gasteiger partial charge in [-0.25, -0.2) is 18.2 Å². The number of anilines is 1. The molecule has 1 saturated heterocycles. The van der Waals surface area contributed by atoms with Crippen molar-refractivity contribution in [2.24, 2.45) is 7.05 Å². The van der Waals surface area contributed by atoms with Gasteiger partial charge >= 0.3 is 6.03 Å². The molecule has 0 unspecified atom stereocenters. The van der Waals surface area contributed by atoms with Crippen molar-refractivity contribution in [2.75, 3.05) is 38.1 Å². The SMILES string of the molecule is CCOc1ccccc1NC(=O)N1CCCN(S(=O)(=O)c2cn(C)c(C)n2)CC1.